The van der Waals surface area contributed by atoms with E-state index in [4.69, 9.17) is 19.3 Å². The van der Waals surface area contributed by atoms with Gasteiger partial charge in [0.2, 0.25) is 0 Å². The van der Waals surface area contributed by atoms with E-state index in [9.17, 15) is 30.6 Å². The monoisotopic (exact) mass is 326 g/mol. The van der Waals surface area contributed by atoms with Crippen molar-refractivity contribution in [3.05, 3.63) is 0 Å². The van der Waals surface area contributed by atoms with Crippen LogP contribution < -0.4 is 0 Å². The molecular formula is C12H22O10. The van der Waals surface area contributed by atoms with Gasteiger partial charge in [-0.15, -0.1) is 0 Å². The molecule has 0 aromatic carbocycles. The Morgan fingerprint density at radius 3 is 1.77 bits per heavy atom. The Morgan fingerprint density at radius 2 is 1.23 bits per heavy atom. The van der Waals surface area contributed by atoms with Gasteiger partial charge in [-0.2, -0.15) is 0 Å². The Kier molecular flexibility index (Phi) is 5.72. The first-order valence-electron chi connectivity index (χ1n) is 6.93. The van der Waals surface area contributed by atoms with E-state index in [2.05, 4.69) is 0 Å². The van der Waals surface area contributed by atoms with Gasteiger partial charge in [-0.1, -0.05) is 0 Å². The van der Waals surface area contributed by atoms with Crippen LogP contribution in [-0.4, -0.2) is 104 Å². The molecule has 1 unspecified atom stereocenters. The zero-order valence-corrected chi connectivity index (χ0v) is 11.8. The second-order valence-electron chi connectivity index (χ2n) is 5.51. The summed E-state index contributed by atoms with van der Waals surface area (Å²) in [6.07, 6.45) is -14.3. The molecule has 2 heterocycles. The Morgan fingerprint density at radius 1 is 0.727 bits per heavy atom. The second-order valence-corrected chi connectivity index (χ2v) is 5.51. The highest BCUT2D eigenvalue weighted by atomic mass is 16.8. The molecule has 0 radical (unpaired) electrons. The summed E-state index contributed by atoms with van der Waals surface area (Å²) in [4.78, 5) is 0. The highest BCUT2D eigenvalue weighted by Gasteiger charge is 2.48. The van der Waals surface area contributed by atoms with Crippen LogP contribution >= 0.6 is 0 Å². The molecule has 2 aliphatic heterocycles. The molecule has 0 aromatic rings. The predicted molar refractivity (Wildman–Crippen MR) is 67.2 cm³/mol. The van der Waals surface area contributed by atoms with Gasteiger partial charge in [0.25, 0.3) is 0 Å². The SMILES string of the molecule is C[C@@H]1O[C@@H](OC2O[C@H](CO)[C@@H](O)[C@H](O)[C@H]2O)[C@H](O)[C@H](O)[C@H]1O. The van der Waals surface area contributed by atoms with Gasteiger partial charge < -0.3 is 50.0 Å². The maximum absolute atomic E-state index is 9.83. The van der Waals surface area contributed by atoms with Crippen molar-refractivity contribution in [3.8, 4) is 0 Å². The lowest BCUT2D eigenvalue weighted by molar-refractivity contribution is -0.373. The molecule has 0 aliphatic carbocycles. The first-order valence-corrected chi connectivity index (χ1v) is 6.93. The minimum Gasteiger partial charge on any atom is -0.394 e. The minimum absolute atomic E-state index is 0.628. The molecule has 2 saturated heterocycles. The fraction of sp³-hybridized carbons (Fsp3) is 1.00. The van der Waals surface area contributed by atoms with Crippen LogP contribution in [0.15, 0.2) is 0 Å². The molecule has 10 nitrogen and oxygen atoms in total. The first kappa shape index (κ1) is 17.9. The third kappa shape index (κ3) is 3.26. The zero-order valence-electron chi connectivity index (χ0n) is 11.8. The third-order valence-corrected chi connectivity index (χ3v) is 3.93. The van der Waals surface area contributed by atoms with Crippen LogP contribution in [-0.2, 0) is 14.2 Å². The van der Waals surface area contributed by atoms with Crippen molar-refractivity contribution in [3.63, 3.8) is 0 Å². The van der Waals surface area contributed by atoms with Crippen LogP contribution in [0, 0.1) is 0 Å². The Bertz CT molecular complexity index is 366. The van der Waals surface area contributed by atoms with Crippen molar-refractivity contribution >= 4 is 0 Å². The van der Waals surface area contributed by atoms with Gasteiger partial charge in [-0.25, -0.2) is 0 Å². The standard InChI is InChI=1S/C12H22O10/c1-3-5(14)7(16)9(18)11(20-3)22-12-10(19)8(17)6(15)4(2-13)21-12/h3-19H,2H2,1H3/t3-,4+,5-,6+,7+,8-,9+,10+,11-,12?/m0/s1. The molecule has 22 heavy (non-hydrogen) atoms. The topological polar surface area (TPSA) is 169 Å². The fourth-order valence-electron chi connectivity index (χ4n) is 2.44. The average molecular weight is 326 g/mol. The fourth-order valence-corrected chi connectivity index (χ4v) is 2.44. The van der Waals surface area contributed by atoms with Crippen molar-refractivity contribution in [1.29, 1.82) is 0 Å². The maximum atomic E-state index is 9.83. The number of ether oxygens (including phenoxy) is 3. The van der Waals surface area contributed by atoms with E-state index >= 15 is 0 Å². The largest absolute Gasteiger partial charge is 0.394 e. The second kappa shape index (κ2) is 7.01. The molecule has 10 atom stereocenters. The Labute approximate surface area is 126 Å². The molecule has 2 rings (SSSR count). The summed E-state index contributed by atoms with van der Waals surface area (Å²) in [5, 5.41) is 67.3. The van der Waals surface area contributed by atoms with Gasteiger partial charge in [-0.05, 0) is 6.92 Å². The van der Waals surface area contributed by atoms with Crippen LogP contribution in [0.4, 0.5) is 0 Å². The zero-order chi connectivity index (χ0) is 16.6. The van der Waals surface area contributed by atoms with Gasteiger partial charge in [0.05, 0.1) is 12.7 Å². The van der Waals surface area contributed by atoms with Crippen LogP contribution in [0.2, 0.25) is 0 Å². The molecule has 7 N–H and O–H groups in total. The van der Waals surface area contributed by atoms with Gasteiger partial charge >= 0.3 is 0 Å². The van der Waals surface area contributed by atoms with Gasteiger partial charge in [0.1, 0.15) is 42.7 Å². The van der Waals surface area contributed by atoms with Crippen LogP contribution in [0.25, 0.3) is 0 Å². The molecule has 2 fully saturated rings. The third-order valence-electron chi connectivity index (χ3n) is 3.93. The lowest BCUT2D eigenvalue weighted by Gasteiger charge is -2.44. The molecule has 130 valence electrons. The van der Waals surface area contributed by atoms with E-state index in [0.29, 0.717) is 0 Å². The lowest BCUT2D eigenvalue weighted by atomic mass is 9.98. The van der Waals surface area contributed by atoms with Gasteiger partial charge in [-0.3, -0.25) is 0 Å². The van der Waals surface area contributed by atoms with Crippen molar-refractivity contribution in [2.45, 2.75) is 68.3 Å². The number of hydrogen-bond donors (Lipinski definition) is 7. The molecule has 10 heteroatoms. The van der Waals surface area contributed by atoms with Crippen molar-refractivity contribution in [2.75, 3.05) is 6.61 Å². The highest BCUT2D eigenvalue weighted by Crippen LogP contribution is 2.27. The molecule has 0 spiro atoms. The number of rotatable bonds is 3. The van der Waals surface area contributed by atoms with Gasteiger partial charge in [0, 0.05) is 0 Å². The molecular weight excluding hydrogens is 304 g/mol. The highest BCUT2D eigenvalue weighted by molar-refractivity contribution is 4.91. The molecule has 0 bridgehead atoms. The summed E-state index contributed by atoms with van der Waals surface area (Å²) >= 11 is 0. The summed E-state index contributed by atoms with van der Waals surface area (Å²) in [7, 11) is 0. The molecule has 0 amide bonds. The molecule has 0 saturated carbocycles. The van der Waals surface area contributed by atoms with Crippen molar-refractivity contribution < 1.29 is 50.0 Å². The molecule has 0 aromatic heterocycles. The van der Waals surface area contributed by atoms with Crippen LogP contribution in [0.5, 0.6) is 0 Å². The molecule has 2 aliphatic rings. The van der Waals surface area contributed by atoms with E-state index in [0.717, 1.165) is 0 Å². The Balaban J connectivity index is 2.05. The van der Waals surface area contributed by atoms with Crippen molar-refractivity contribution in [1.82, 2.24) is 0 Å². The summed E-state index contributed by atoms with van der Waals surface area (Å²) in [6.45, 7) is 0.819. The van der Waals surface area contributed by atoms with E-state index in [1.807, 2.05) is 0 Å². The van der Waals surface area contributed by atoms with E-state index in [-0.39, 0.29) is 0 Å². The number of hydrogen-bond acceptors (Lipinski definition) is 10. The van der Waals surface area contributed by atoms with E-state index in [1.165, 1.54) is 6.92 Å². The Hall–Kier alpha value is -0.400. The normalized spacial score (nSPS) is 53.5. The number of aliphatic hydroxyl groups excluding tert-OH is 7. The van der Waals surface area contributed by atoms with Crippen LogP contribution in [0.1, 0.15) is 6.92 Å². The van der Waals surface area contributed by atoms with Gasteiger partial charge in [0.15, 0.2) is 12.6 Å². The van der Waals surface area contributed by atoms with Crippen LogP contribution in [0.3, 0.4) is 0 Å². The lowest BCUT2D eigenvalue weighted by Crippen LogP contribution is -2.63. The van der Waals surface area contributed by atoms with Crippen molar-refractivity contribution in [2.24, 2.45) is 0 Å². The first-order chi connectivity index (χ1) is 10.3. The summed E-state index contributed by atoms with van der Waals surface area (Å²) in [6, 6.07) is 0. The maximum Gasteiger partial charge on any atom is 0.189 e. The quantitative estimate of drug-likeness (QED) is 0.269. The number of aliphatic hydroxyl groups is 7. The average Bonchev–Trinajstić information content (AvgIpc) is 2.50. The van der Waals surface area contributed by atoms with E-state index < -0.39 is 68.0 Å². The summed E-state index contributed by atoms with van der Waals surface area (Å²) in [5.41, 5.74) is 0. The predicted octanol–water partition coefficient (Wildman–Crippen LogP) is -4.37. The summed E-state index contributed by atoms with van der Waals surface area (Å²) < 4.78 is 15.5. The smallest absolute Gasteiger partial charge is 0.189 e. The minimum atomic E-state index is -1.66. The summed E-state index contributed by atoms with van der Waals surface area (Å²) in [5.74, 6) is 0. The van der Waals surface area contributed by atoms with E-state index in [1.54, 1.807) is 0 Å².